The highest BCUT2D eigenvalue weighted by Crippen LogP contribution is 2.46. The van der Waals surface area contributed by atoms with Gasteiger partial charge in [0.15, 0.2) is 0 Å². The number of unbranched alkanes of at least 4 members (excludes halogenated alkanes) is 1. The lowest BCUT2D eigenvalue weighted by molar-refractivity contribution is -0.938. The molecule has 5 aromatic rings. The maximum atomic E-state index is 14.2. The van der Waals surface area contributed by atoms with E-state index < -0.39 is 17.6 Å². The Balaban J connectivity index is 1.41. The van der Waals surface area contributed by atoms with Crippen LogP contribution in [-0.2, 0) is 19.3 Å². The third kappa shape index (κ3) is 7.97. The number of nitrogens with zero attached hydrogens (tertiary/aromatic N) is 2. The number of aryl methyl sites for hydroxylation is 2. The van der Waals surface area contributed by atoms with Gasteiger partial charge >= 0.3 is 6.18 Å². The Labute approximate surface area is 289 Å². The van der Waals surface area contributed by atoms with E-state index >= 15 is 0 Å². The van der Waals surface area contributed by atoms with Gasteiger partial charge in [-0.15, -0.1) is 11.3 Å². The molecular formula is C38H40Cl2F3N2OS+. The Hall–Kier alpha value is -3.10. The Morgan fingerprint density at radius 2 is 1.53 bits per heavy atom. The first-order chi connectivity index (χ1) is 22.3. The molecule has 0 bridgehead atoms. The topological polar surface area (TPSA) is 20.3 Å². The summed E-state index contributed by atoms with van der Waals surface area (Å²) in [6, 6.07) is 22.9. The van der Waals surface area contributed by atoms with E-state index in [-0.39, 0.29) is 25.0 Å². The van der Waals surface area contributed by atoms with E-state index in [1.165, 1.54) is 22.8 Å². The standard InChI is InChI=1S/C38H40Cl2F3N2OS/c1-5-45(6-2,24-28-20-25(3)19-26(4)21-28)18-10-9-17-44(23-27-13-14-29-11-7-8-12-30(29)22-27)37(46)36-34(40)33-31(38(41,42)43)15-16-32(39)35(33)47-36/h7-8,11-16,19-22H,5-6,9-10,17-18,23-24H2,1-4H3/q+1. The Morgan fingerprint density at radius 3 is 2.19 bits per heavy atom. The molecule has 0 spiro atoms. The van der Waals surface area contributed by atoms with Gasteiger partial charge < -0.3 is 9.38 Å². The SMILES string of the molecule is CC[N+](CC)(CCCCN(Cc1ccc2ccccc2c1)C(=O)c1sc2c(Cl)ccc(C(F)(F)F)c2c1Cl)Cc1cc(C)cc(C)c1. The average Bonchev–Trinajstić information content (AvgIpc) is 3.38. The molecule has 4 aromatic carbocycles. The van der Waals surface area contributed by atoms with Gasteiger partial charge in [-0.25, -0.2) is 0 Å². The number of alkyl halides is 3. The second kappa shape index (κ2) is 14.6. The number of carbonyl (C=O) groups is 1. The molecule has 3 nitrogen and oxygen atoms in total. The average molecular weight is 701 g/mol. The first-order valence-electron chi connectivity index (χ1n) is 16.0. The summed E-state index contributed by atoms with van der Waals surface area (Å²) in [6.45, 7) is 13.3. The second-order valence-electron chi connectivity index (χ2n) is 12.5. The molecule has 47 heavy (non-hydrogen) atoms. The molecular weight excluding hydrogens is 660 g/mol. The van der Waals surface area contributed by atoms with Crippen LogP contribution in [0.2, 0.25) is 10.0 Å². The predicted molar refractivity (Wildman–Crippen MR) is 191 cm³/mol. The summed E-state index contributed by atoms with van der Waals surface area (Å²) >= 11 is 13.9. The summed E-state index contributed by atoms with van der Waals surface area (Å²) in [7, 11) is 0. The molecule has 248 valence electrons. The largest absolute Gasteiger partial charge is 0.417 e. The number of thiophene rings is 1. The number of carbonyl (C=O) groups excluding carboxylic acids is 1. The molecule has 1 aromatic heterocycles. The number of fused-ring (bicyclic) bond motifs is 2. The first kappa shape index (κ1) is 35.2. The number of hydrogen-bond donors (Lipinski definition) is 0. The van der Waals surface area contributed by atoms with Crippen LogP contribution in [0.15, 0.2) is 72.8 Å². The van der Waals surface area contributed by atoms with Gasteiger partial charge in [-0.2, -0.15) is 13.2 Å². The van der Waals surface area contributed by atoms with Crippen LogP contribution in [0.1, 0.15) is 64.2 Å². The van der Waals surface area contributed by atoms with Gasteiger partial charge in [0, 0.05) is 24.0 Å². The lowest BCUT2D eigenvalue weighted by atomic mass is 10.1. The summed E-state index contributed by atoms with van der Waals surface area (Å²) < 4.78 is 43.0. The van der Waals surface area contributed by atoms with Crippen LogP contribution in [0.5, 0.6) is 0 Å². The number of hydrogen-bond acceptors (Lipinski definition) is 2. The zero-order valence-corrected chi connectivity index (χ0v) is 29.5. The minimum atomic E-state index is -4.64. The van der Waals surface area contributed by atoms with E-state index in [0.717, 1.165) is 77.2 Å². The van der Waals surface area contributed by atoms with Gasteiger partial charge in [0.2, 0.25) is 0 Å². The minimum absolute atomic E-state index is 0.0723. The highest BCUT2D eigenvalue weighted by atomic mass is 35.5. The third-order valence-corrected chi connectivity index (χ3v) is 11.3. The van der Waals surface area contributed by atoms with Crippen molar-refractivity contribution in [3.05, 3.63) is 116 Å². The smallest absolute Gasteiger partial charge is 0.334 e. The monoisotopic (exact) mass is 699 g/mol. The number of amides is 1. The van der Waals surface area contributed by atoms with Crippen LogP contribution >= 0.6 is 34.5 Å². The Bertz CT molecular complexity index is 1880. The maximum Gasteiger partial charge on any atom is 0.417 e. The van der Waals surface area contributed by atoms with Gasteiger partial charge in [0.25, 0.3) is 5.91 Å². The van der Waals surface area contributed by atoms with Crippen molar-refractivity contribution in [2.24, 2.45) is 0 Å². The van der Waals surface area contributed by atoms with Gasteiger partial charge in [-0.3, -0.25) is 4.79 Å². The van der Waals surface area contributed by atoms with Crippen LogP contribution in [0.25, 0.3) is 20.9 Å². The Morgan fingerprint density at radius 1 is 0.851 bits per heavy atom. The highest BCUT2D eigenvalue weighted by molar-refractivity contribution is 7.22. The molecule has 0 saturated carbocycles. The summed E-state index contributed by atoms with van der Waals surface area (Å²) in [5.74, 6) is -0.393. The maximum absolute atomic E-state index is 14.2. The second-order valence-corrected chi connectivity index (χ2v) is 14.3. The molecule has 0 N–H and O–H groups in total. The fourth-order valence-electron chi connectivity index (χ4n) is 6.60. The summed E-state index contributed by atoms with van der Waals surface area (Å²) in [5, 5.41) is 1.86. The van der Waals surface area contributed by atoms with Gasteiger partial charge in [-0.1, -0.05) is 88.9 Å². The molecule has 0 aliphatic rings. The van der Waals surface area contributed by atoms with Crippen molar-refractivity contribution in [2.45, 2.75) is 59.8 Å². The van der Waals surface area contributed by atoms with Crippen LogP contribution in [0, 0.1) is 13.8 Å². The molecule has 0 saturated heterocycles. The minimum Gasteiger partial charge on any atom is -0.334 e. The van der Waals surface area contributed by atoms with Crippen molar-refractivity contribution in [1.29, 1.82) is 0 Å². The van der Waals surface area contributed by atoms with E-state index in [2.05, 4.69) is 52.0 Å². The van der Waals surface area contributed by atoms with Crippen LogP contribution in [0.3, 0.4) is 0 Å². The molecule has 0 unspecified atom stereocenters. The molecule has 0 atom stereocenters. The van der Waals surface area contributed by atoms with Gasteiger partial charge in [0.05, 0.1) is 39.9 Å². The van der Waals surface area contributed by atoms with Crippen LogP contribution in [0.4, 0.5) is 13.2 Å². The van der Waals surface area contributed by atoms with Crippen molar-refractivity contribution in [3.63, 3.8) is 0 Å². The number of quaternary nitrogens is 1. The van der Waals surface area contributed by atoms with E-state index in [1.54, 1.807) is 4.90 Å². The van der Waals surface area contributed by atoms with E-state index in [1.807, 2.05) is 36.4 Å². The molecule has 1 amide bonds. The zero-order chi connectivity index (χ0) is 33.9. The lowest BCUT2D eigenvalue weighted by Crippen LogP contribution is -2.47. The molecule has 0 radical (unpaired) electrons. The fraction of sp³-hybridized carbons (Fsp3) is 0.342. The normalized spacial score (nSPS) is 12.3. The van der Waals surface area contributed by atoms with E-state index in [0.29, 0.717) is 13.1 Å². The molecule has 1 heterocycles. The van der Waals surface area contributed by atoms with E-state index in [9.17, 15) is 18.0 Å². The van der Waals surface area contributed by atoms with Crippen molar-refractivity contribution in [2.75, 3.05) is 26.2 Å². The Kier molecular flexibility index (Phi) is 10.9. The number of halogens is 5. The van der Waals surface area contributed by atoms with Gasteiger partial charge in [0.1, 0.15) is 11.4 Å². The van der Waals surface area contributed by atoms with Crippen LogP contribution < -0.4 is 0 Å². The van der Waals surface area contributed by atoms with Crippen molar-refractivity contribution in [1.82, 2.24) is 4.90 Å². The fourth-order valence-corrected chi connectivity index (χ4v) is 8.42. The highest BCUT2D eigenvalue weighted by Gasteiger charge is 2.36. The molecule has 9 heteroatoms. The molecule has 0 aliphatic heterocycles. The molecule has 5 rings (SSSR count). The molecule has 0 fully saturated rings. The quantitative estimate of drug-likeness (QED) is 0.0937. The van der Waals surface area contributed by atoms with Gasteiger partial charge in [-0.05, 0) is 75.1 Å². The van der Waals surface area contributed by atoms with Crippen LogP contribution in [-0.4, -0.2) is 41.5 Å². The zero-order valence-electron chi connectivity index (χ0n) is 27.2. The molecule has 0 aliphatic carbocycles. The predicted octanol–water partition coefficient (Wildman–Crippen LogP) is 11.5. The summed E-state index contributed by atoms with van der Waals surface area (Å²) in [5.41, 5.74) is 3.89. The number of rotatable bonds is 12. The first-order valence-corrected chi connectivity index (χ1v) is 17.6. The van der Waals surface area contributed by atoms with Crippen molar-refractivity contribution < 1.29 is 22.4 Å². The van der Waals surface area contributed by atoms with Crippen molar-refractivity contribution >= 4 is 61.3 Å². The summed E-state index contributed by atoms with van der Waals surface area (Å²) in [6.07, 6.45) is -3.01. The lowest BCUT2D eigenvalue weighted by Gasteiger charge is -2.37. The third-order valence-electron chi connectivity index (χ3n) is 9.16. The summed E-state index contributed by atoms with van der Waals surface area (Å²) in [4.78, 5) is 16.0. The number of benzene rings is 4. The van der Waals surface area contributed by atoms with E-state index in [4.69, 9.17) is 23.2 Å². The van der Waals surface area contributed by atoms with Crippen molar-refractivity contribution in [3.8, 4) is 0 Å².